The van der Waals surface area contributed by atoms with Crippen LogP contribution in [0.1, 0.15) is 13.8 Å². The zero-order valence-electron chi connectivity index (χ0n) is 6.81. The molecule has 0 spiro atoms. The Morgan fingerprint density at radius 2 is 1.64 bits per heavy atom. The molecule has 60 valence electrons. The van der Waals surface area contributed by atoms with E-state index in [4.69, 9.17) is 5.11 Å². The fourth-order valence-corrected chi connectivity index (χ4v) is 0.345. The van der Waals surface area contributed by atoms with Gasteiger partial charge in [-0.2, -0.15) is 0 Å². The summed E-state index contributed by atoms with van der Waals surface area (Å²) in [5.41, 5.74) is -1.38. The van der Waals surface area contributed by atoms with Gasteiger partial charge in [-0.25, -0.2) is 0 Å². The molecule has 0 unspecified atom stereocenters. The van der Waals surface area contributed by atoms with Crippen LogP contribution in [0, 0.1) is 0 Å². The molecular formula is C5H9BF3KO. The summed E-state index contributed by atoms with van der Waals surface area (Å²) in [6.45, 7) is -2.34. The summed E-state index contributed by atoms with van der Waals surface area (Å²) in [6.07, 6.45) is 0.729. The summed E-state index contributed by atoms with van der Waals surface area (Å²) < 4.78 is 34.4. The zero-order chi connectivity index (χ0) is 8.41. The van der Waals surface area contributed by atoms with Crippen molar-refractivity contribution in [3.63, 3.8) is 0 Å². The standard InChI is InChI=1S/C5H9BF3O.K/c1-5(2,10)3-4-6(7,8)9;/h3-4,10H,1-2H3;/q-1;+1/b4-3+;. The van der Waals surface area contributed by atoms with Crippen LogP contribution in [0.4, 0.5) is 12.9 Å². The van der Waals surface area contributed by atoms with Crippen LogP contribution in [0.5, 0.6) is 0 Å². The minimum Gasteiger partial charge on any atom is -0.445 e. The molecule has 0 heterocycles. The molecule has 0 rings (SSSR count). The summed E-state index contributed by atoms with van der Waals surface area (Å²) in [4.78, 5) is 0. The third kappa shape index (κ3) is 14.1. The van der Waals surface area contributed by atoms with Crippen molar-refractivity contribution in [1.82, 2.24) is 0 Å². The molecule has 0 aliphatic rings. The molecule has 0 fully saturated rings. The monoisotopic (exact) mass is 192 g/mol. The quantitative estimate of drug-likeness (QED) is 0.539. The van der Waals surface area contributed by atoms with E-state index in [2.05, 4.69) is 0 Å². The largest absolute Gasteiger partial charge is 1.00 e. The molecule has 0 aliphatic heterocycles. The van der Waals surface area contributed by atoms with Crippen LogP contribution in [-0.2, 0) is 0 Å². The van der Waals surface area contributed by atoms with E-state index in [0.29, 0.717) is 0 Å². The summed E-state index contributed by atoms with van der Waals surface area (Å²) in [6, 6.07) is 0. The smallest absolute Gasteiger partial charge is 0.445 e. The van der Waals surface area contributed by atoms with Gasteiger partial charge in [0.2, 0.25) is 0 Å². The van der Waals surface area contributed by atoms with Crippen LogP contribution in [0.15, 0.2) is 12.1 Å². The molecule has 0 bridgehead atoms. The molecule has 1 N–H and O–H groups in total. The van der Waals surface area contributed by atoms with Gasteiger partial charge in [-0.05, 0) is 13.8 Å². The molecule has 0 aromatic heterocycles. The second kappa shape index (κ2) is 5.04. The third-order valence-corrected chi connectivity index (χ3v) is 0.722. The van der Waals surface area contributed by atoms with Crippen LogP contribution >= 0.6 is 0 Å². The van der Waals surface area contributed by atoms with Crippen molar-refractivity contribution >= 4 is 6.98 Å². The van der Waals surface area contributed by atoms with Gasteiger partial charge in [-0.15, -0.1) is 5.98 Å². The number of rotatable bonds is 2. The first-order chi connectivity index (χ1) is 4.21. The zero-order valence-corrected chi connectivity index (χ0v) is 9.94. The molecule has 0 aromatic carbocycles. The SMILES string of the molecule is CC(C)(O)/C=C/[B-](F)(F)F.[K+]. The number of halogens is 3. The predicted octanol–water partition coefficient (Wildman–Crippen LogP) is -1.30. The number of hydrogen-bond acceptors (Lipinski definition) is 1. The second-order valence-corrected chi connectivity index (χ2v) is 2.64. The van der Waals surface area contributed by atoms with Gasteiger partial charge in [0.05, 0.1) is 5.60 Å². The predicted molar refractivity (Wildman–Crippen MR) is 34.5 cm³/mol. The summed E-state index contributed by atoms with van der Waals surface area (Å²) in [7, 11) is 0. The minimum atomic E-state index is -4.91. The minimum absolute atomic E-state index is 0. The van der Waals surface area contributed by atoms with Crippen molar-refractivity contribution < 1.29 is 69.4 Å². The van der Waals surface area contributed by atoms with Crippen molar-refractivity contribution in [2.45, 2.75) is 19.4 Å². The first kappa shape index (κ1) is 14.7. The van der Waals surface area contributed by atoms with Crippen LogP contribution < -0.4 is 51.4 Å². The molecule has 11 heavy (non-hydrogen) atoms. The van der Waals surface area contributed by atoms with Crippen LogP contribution in [0.25, 0.3) is 0 Å². The first-order valence-corrected chi connectivity index (χ1v) is 2.83. The maximum absolute atomic E-state index is 11.5. The molecule has 0 atom stereocenters. The summed E-state index contributed by atoms with van der Waals surface area (Å²) in [5, 5.41) is 8.80. The molecule has 6 heteroatoms. The van der Waals surface area contributed by atoms with Crippen molar-refractivity contribution in [2.75, 3.05) is 0 Å². The fourth-order valence-electron chi connectivity index (χ4n) is 0.345. The Bertz CT molecular complexity index is 122. The molecule has 0 amide bonds. The molecule has 0 aromatic rings. The van der Waals surface area contributed by atoms with E-state index in [9.17, 15) is 12.9 Å². The summed E-state index contributed by atoms with van der Waals surface area (Å²) in [5.74, 6) is 0.0833. The molecule has 0 saturated carbocycles. The van der Waals surface area contributed by atoms with Crippen molar-refractivity contribution in [3.05, 3.63) is 12.1 Å². The Morgan fingerprint density at radius 3 is 1.73 bits per heavy atom. The van der Waals surface area contributed by atoms with Crippen molar-refractivity contribution in [1.29, 1.82) is 0 Å². The van der Waals surface area contributed by atoms with Gasteiger partial charge >= 0.3 is 58.4 Å². The van der Waals surface area contributed by atoms with Gasteiger partial charge in [-0.3, -0.25) is 0 Å². The maximum atomic E-state index is 11.5. The van der Waals surface area contributed by atoms with E-state index < -0.39 is 12.6 Å². The van der Waals surface area contributed by atoms with Crippen LogP contribution in [0.3, 0.4) is 0 Å². The number of hydrogen-bond donors (Lipinski definition) is 1. The average molecular weight is 192 g/mol. The van der Waals surface area contributed by atoms with E-state index in [-0.39, 0.29) is 57.4 Å². The van der Waals surface area contributed by atoms with E-state index in [1.165, 1.54) is 13.8 Å². The normalized spacial score (nSPS) is 13.3. The van der Waals surface area contributed by atoms with Crippen molar-refractivity contribution in [3.8, 4) is 0 Å². The Hall–Kier alpha value is 1.19. The van der Waals surface area contributed by atoms with E-state index in [0.717, 1.165) is 6.08 Å². The Kier molecular flexibility index (Phi) is 6.73. The van der Waals surface area contributed by atoms with E-state index in [1.54, 1.807) is 0 Å². The Balaban J connectivity index is 0. The summed E-state index contributed by atoms with van der Waals surface area (Å²) >= 11 is 0. The first-order valence-electron chi connectivity index (χ1n) is 2.83. The average Bonchev–Trinajstić information content (AvgIpc) is 1.57. The van der Waals surface area contributed by atoms with Crippen LogP contribution in [-0.4, -0.2) is 17.7 Å². The van der Waals surface area contributed by atoms with E-state index in [1.807, 2.05) is 0 Å². The van der Waals surface area contributed by atoms with Gasteiger partial charge in [0.15, 0.2) is 0 Å². The van der Waals surface area contributed by atoms with Gasteiger partial charge in [0.25, 0.3) is 0 Å². The Morgan fingerprint density at radius 1 is 1.27 bits per heavy atom. The fraction of sp³-hybridized carbons (Fsp3) is 0.600. The molecule has 0 saturated heterocycles. The molecule has 0 radical (unpaired) electrons. The topological polar surface area (TPSA) is 20.2 Å². The van der Waals surface area contributed by atoms with Crippen LogP contribution in [0.2, 0.25) is 0 Å². The molecule has 0 aliphatic carbocycles. The molecule has 1 nitrogen and oxygen atoms in total. The van der Waals surface area contributed by atoms with E-state index >= 15 is 0 Å². The number of aliphatic hydroxyl groups is 1. The second-order valence-electron chi connectivity index (χ2n) is 2.64. The third-order valence-electron chi connectivity index (χ3n) is 0.722. The van der Waals surface area contributed by atoms with Gasteiger partial charge in [0.1, 0.15) is 0 Å². The van der Waals surface area contributed by atoms with Gasteiger partial charge < -0.3 is 18.1 Å². The van der Waals surface area contributed by atoms with Gasteiger partial charge in [0, 0.05) is 0 Å². The van der Waals surface area contributed by atoms with Gasteiger partial charge in [-0.1, -0.05) is 6.08 Å². The van der Waals surface area contributed by atoms with Crippen molar-refractivity contribution in [2.24, 2.45) is 0 Å². The molecular weight excluding hydrogens is 183 g/mol. The maximum Gasteiger partial charge on any atom is 1.00 e. The Labute approximate surface area is 107 Å².